The Morgan fingerprint density at radius 3 is 2.64 bits per heavy atom. The lowest BCUT2D eigenvalue weighted by Crippen LogP contribution is -2.30. The first-order valence-electron chi connectivity index (χ1n) is 9.12. The molecule has 0 unspecified atom stereocenters. The van der Waals surface area contributed by atoms with E-state index in [9.17, 15) is 14.4 Å². The summed E-state index contributed by atoms with van der Waals surface area (Å²) in [6.07, 6.45) is 1.92. The van der Waals surface area contributed by atoms with Gasteiger partial charge in [0.1, 0.15) is 0 Å². The summed E-state index contributed by atoms with van der Waals surface area (Å²) in [5, 5.41) is 3.11. The molecule has 1 aliphatic rings. The number of anilines is 1. The maximum absolute atomic E-state index is 12.3. The predicted molar refractivity (Wildman–Crippen MR) is 106 cm³/mol. The molecule has 1 saturated heterocycles. The molecule has 2 amide bonds. The van der Waals surface area contributed by atoms with E-state index in [4.69, 9.17) is 16.3 Å². The molecule has 0 aromatic heterocycles. The van der Waals surface area contributed by atoms with Gasteiger partial charge in [-0.3, -0.25) is 9.59 Å². The number of halogens is 1. The smallest absolute Gasteiger partial charge is 0.338 e. The molecule has 6 nitrogen and oxygen atoms in total. The van der Waals surface area contributed by atoms with E-state index in [0.717, 1.165) is 12.0 Å². The molecule has 1 fully saturated rings. The second-order valence-corrected chi connectivity index (χ2v) is 6.88. The maximum Gasteiger partial charge on any atom is 0.338 e. The highest BCUT2D eigenvalue weighted by atomic mass is 35.5. The van der Waals surface area contributed by atoms with Crippen LogP contribution in [0.1, 0.15) is 28.8 Å². The van der Waals surface area contributed by atoms with Crippen LogP contribution in [0.3, 0.4) is 0 Å². The average molecular weight is 401 g/mol. The topological polar surface area (TPSA) is 75.7 Å². The highest BCUT2D eigenvalue weighted by Gasteiger charge is 2.24. The summed E-state index contributed by atoms with van der Waals surface area (Å²) in [5.41, 5.74) is 1.85. The molecule has 146 valence electrons. The van der Waals surface area contributed by atoms with Crippen molar-refractivity contribution in [1.82, 2.24) is 5.32 Å². The summed E-state index contributed by atoms with van der Waals surface area (Å²) >= 11 is 6.17. The number of carbonyl (C=O) groups is 3. The summed E-state index contributed by atoms with van der Waals surface area (Å²) in [6, 6.07) is 14.4. The van der Waals surface area contributed by atoms with Crippen LogP contribution in [0.5, 0.6) is 0 Å². The van der Waals surface area contributed by atoms with Gasteiger partial charge in [-0.25, -0.2) is 4.79 Å². The van der Waals surface area contributed by atoms with Crippen molar-refractivity contribution >= 4 is 35.1 Å². The molecule has 1 heterocycles. The van der Waals surface area contributed by atoms with Crippen LogP contribution in [0.15, 0.2) is 48.5 Å². The Balaban J connectivity index is 1.50. The van der Waals surface area contributed by atoms with Crippen LogP contribution >= 0.6 is 11.6 Å². The van der Waals surface area contributed by atoms with Gasteiger partial charge in [0.25, 0.3) is 5.91 Å². The first-order valence-corrected chi connectivity index (χ1v) is 9.50. The highest BCUT2D eigenvalue weighted by molar-refractivity contribution is 6.34. The number of hydrogen-bond acceptors (Lipinski definition) is 4. The minimum atomic E-state index is -0.636. The summed E-state index contributed by atoms with van der Waals surface area (Å²) in [5.74, 6) is -1.03. The van der Waals surface area contributed by atoms with E-state index in [1.807, 2.05) is 30.3 Å². The Labute approximate surface area is 168 Å². The first-order chi connectivity index (χ1) is 13.5. The molecule has 1 N–H and O–H groups in total. The van der Waals surface area contributed by atoms with E-state index in [1.165, 1.54) is 12.1 Å². The van der Waals surface area contributed by atoms with E-state index in [1.54, 1.807) is 11.0 Å². The van der Waals surface area contributed by atoms with Crippen LogP contribution in [-0.2, 0) is 20.7 Å². The Morgan fingerprint density at radius 1 is 1.14 bits per heavy atom. The fourth-order valence-corrected chi connectivity index (χ4v) is 3.23. The summed E-state index contributed by atoms with van der Waals surface area (Å²) in [7, 11) is 0. The van der Waals surface area contributed by atoms with Gasteiger partial charge < -0.3 is 15.0 Å². The lowest BCUT2D eigenvalue weighted by atomic mass is 10.1. The average Bonchev–Trinajstić information content (AvgIpc) is 3.13. The van der Waals surface area contributed by atoms with Gasteiger partial charge in [-0.05, 0) is 36.6 Å². The summed E-state index contributed by atoms with van der Waals surface area (Å²) in [6.45, 7) is 0.664. The monoisotopic (exact) mass is 400 g/mol. The van der Waals surface area contributed by atoms with Crippen LogP contribution in [0, 0.1) is 0 Å². The molecular formula is C21H21ClN2O4. The van der Waals surface area contributed by atoms with Gasteiger partial charge in [-0.15, -0.1) is 0 Å². The second-order valence-electron chi connectivity index (χ2n) is 6.48. The van der Waals surface area contributed by atoms with Gasteiger partial charge >= 0.3 is 5.97 Å². The molecule has 7 heteroatoms. The molecule has 0 aliphatic carbocycles. The number of hydrogen-bond donors (Lipinski definition) is 1. The van der Waals surface area contributed by atoms with E-state index < -0.39 is 5.97 Å². The Bertz CT molecular complexity index is 870. The van der Waals surface area contributed by atoms with Gasteiger partial charge in [0.2, 0.25) is 5.91 Å². The molecule has 1 aliphatic heterocycles. The number of nitrogens with one attached hydrogen (secondary N) is 1. The first kappa shape index (κ1) is 19.9. The predicted octanol–water partition coefficient (Wildman–Crippen LogP) is 2.98. The summed E-state index contributed by atoms with van der Waals surface area (Å²) < 4.78 is 5.08. The third-order valence-corrected chi connectivity index (χ3v) is 4.78. The zero-order valence-corrected chi connectivity index (χ0v) is 16.1. The van der Waals surface area contributed by atoms with Gasteiger partial charge in [0, 0.05) is 19.5 Å². The number of ether oxygens (including phenoxy) is 1. The number of amides is 2. The molecule has 2 aromatic carbocycles. The second kappa shape index (κ2) is 9.37. The normalized spacial score (nSPS) is 13.5. The number of esters is 1. The zero-order valence-electron chi connectivity index (χ0n) is 15.3. The molecule has 0 bridgehead atoms. The van der Waals surface area contributed by atoms with Gasteiger partial charge in [0.05, 0.1) is 16.3 Å². The van der Waals surface area contributed by atoms with Crippen molar-refractivity contribution in [3.8, 4) is 0 Å². The van der Waals surface area contributed by atoms with Crippen molar-refractivity contribution < 1.29 is 19.1 Å². The largest absolute Gasteiger partial charge is 0.452 e. The van der Waals surface area contributed by atoms with Crippen molar-refractivity contribution in [3.63, 3.8) is 0 Å². The fourth-order valence-electron chi connectivity index (χ4n) is 3.01. The molecule has 0 radical (unpaired) electrons. The third-order valence-electron chi connectivity index (χ3n) is 4.46. The van der Waals surface area contributed by atoms with Crippen molar-refractivity contribution in [3.05, 3.63) is 64.7 Å². The Hall–Kier alpha value is -2.86. The Kier molecular flexibility index (Phi) is 6.66. The molecule has 3 rings (SSSR count). The quantitative estimate of drug-likeness (QED) is 0.725. The van der Waals surface area contributed by atoms with E-state index in [-0.39, 0.29) is 24.0 Å². The zero-order chi connectivity index (χ0) is 19.9. The van der Waals surface area contributed by atoms with Gasteiger partial charge in [-0.1, -0.05) is 41.9 Å². The van der Waals surface area contributed by atoms with E-state index in [2.05, 4.69) is 5.32 Å². The van der Waals surface area contributed by atoms with Crippen LogP contribution in [0.4, 0.5) is 5.69 Å². The maximum atomic E-state index is 12.3. The number of nitrogens with zero attached hydrogens (tertiary/aromatic N) is 1. The Morgan fingerprint density at radius 2 is 1.93 bits per heavy atom. The molecule has 0 atom stereocenters. The summed E-state index contributed by atoms with van der Waals surface area (Å²) in [4.78, 5) is 37.6. The van der Waals surface area contributed by atoms with Crippen molar-refractivity contribution in [2.24, 2.45) is 0 Å². The van der Waals surface area contributed by atoms with Crippen molar-refractivity contribution in [1.29, 1.82) is 0 Å². The molecule has 2 aromatic rings. The lowest BCUT2D eigenvalue weighted by Gasteiger charge is -2.18. The van der Waals surface area contributed by atoms with Crippen molar-refractivity contribution in [2.75, 3.05) is 24.6 Å². The fraction of sp³-hybridized carbons (Fsp3) is 0.286. The number of rotatable bonds is 7. The van der Waals surface area contributed by atoms with Gasteiger partial charge in [-0.2, -0.15) is 0 Å². The molecule has 28 heavy (non-hydrogen) atoms. The SMILES string of the molecule is O=C(COC(=O)c1ccc(Cl)c(N2CCCC2=O)c1)NCCc1ccccc1. The van der Waals surface area contributed by atoms with E-state index >= 15 is 0 Å². The van der Waals surface area contributed by atoms with Crippen molar-refractivity contribution in [2.45, 2.75) is 19.3 Å². The molecule has 0 saturated carbocycles. The minimum Gasteiger partial charge on any atom is -0.452 e. The number of carbonyl (C=O) groups excluding carboxylic acids is 3. The number of benzene rings is 2. The minimum absolute atomic E-state index is 0.0230. The molecular weight excluding hydrogens is 380 g/mol. The third kappa shape index (κ3) is 5.10. The highest BCUT2D eigenvalue weighted by Crippen LogP contribution is 2.30. The van der Waals surface area contributed by atoms with Crippen LogP contribution in [0.2, 0.25) is 5.02 Å². The van der Waals surface area contributed by atoms with Crippen LogP contribution in [0.25, 0.3) is 0 Å². The van der Waals surface area contributed by atoms with Crippen LogP contribution < -0.4 is 10.2 Å². The standard InChI is InChI=1S/C21H21ClN2O4/c22-17-9-8-16(13-18(17)24-12-4-7-20(24)26)21(27)28-14-19(25)23-11-10-15-5-2-1-3-6-15/h1-3,5-6,8-9,13H,4,7,10-12,14H2,(H,23,25). The van der Waals surface area contributed by atoms with E-state index in [0.29, 0.717) is 36.6 Å². The van der Waals surface area contributed by atoms with Crippen LogP contribution in [-0.4, -0.2) is 37.5 Å². The van der Waals surface area contributed by atoms with Gasteiger partial charge in [0.15, 0.2) is 6.61 Å². The lowest BCUT2D eigenvalue weighted by molar-refractivity contribution is -0.124. The molecule has 0 spiro atoms.